The summed E-state index contributed by atoms with van der Waals surface area (Å²) in [6, 6.07) is 4.92. The van der Waals surface area contributed by atoms with Crippen molar-refractivity contribution in [1.82, 2.24) is 10.2 Å². The summed E-state index contributed by atoms with van der Waals surface area (Å²) >= 11 is 0. The van der Waals surface area contributed by atoms with Crippen LogP contribution in [0.25, 0.3) is 11.3 Å². The second-order valence-corrected chi connectivity index (χ2v) is 4.44. The Morgan fingerprint density at radius 2 is 1.56 bits per heavy atom. The van der Waals surface area contributed by atoms with E-state index in [-0.39, 0.29) is 0 Å². The van der Waals surface area contributed by atoms with Gasteiger partial charge in [0.05, 0.1) is 5.69 Å². The Bertz CT molecular complexity index is 559. The molecule has 18 heavy (non-hydrogen) atoms. The number of hydrogen-bond donors (Lipinski definition) is 1. The number of hydrogen-bond acceptors (Lipinski definition) is 1. The molecule has 1 aromatic heterocycles. The predicted octanol–water partition coefficient (Wildman–Crippen LogP) is 4.02. The minimum Gasteiger partial charge on any atom is -0.273 e. The van der Waals surface area contributed by atoms with E-state index in [0.717, 1.165) is 28.3 Å². The molecule has 1 aromatic carbocycles. The van der Waals surface area contributed by atoms with Crippen molar-refractivity contribution in [2.45, 2.75) is 26.9 Å². The van der Waals surface area contributed by atoms with Crippen LogP contribution in [-0.4, -0.2) is 10.2 Å². The van der Waals surface area contributed by atoms with E-state index in [1.807, 2.05) is 38.0 Å². The van der Waals surface area contributed by atoms with Gasteiger partial charge in [-0.15, -0.1) is 0 Å². The van der Waals surface area contributed by atoms with Gasteiger partial charge in [-0.3, -0.25) is 5.10 Å². The molecule has 1 N–H and O–H groups in total. The summed E-state index contributed by atoms with van der Waals surface area (Å²) in [5.41, 5.74) is 3.20. The van der Waals surface area contributed by atoms with E-state index in [1.165, 1.54) is 0 Å². The topological polar surface area (TPSA) is 28.7 Å². The standard InChI is InChI=1S/C13H13F3N2/c1-7-4-8(2)12(9(3)5-7)10-6-11(18-17-10)13(14,15)16/h4-6H,1-3H3,(H,17,18). The number of aromatic amines is 1. The molecule has 0 atom stereocenters. The third kappa shape index (κ3) is 2.25. The molecule has 2 rings (SSSR count). The Labute approximate surface area is 103 Å². The van der Waals surface area contributed by atoms with Crippen LogP contribution in [0.1, 0.15) is 22.4 Å². The molecule has 0 spiro atoms. The van der Waals surface area contributed by atoms with Gasteiger partial charge >= 0.3 is 6.18 Å². The third-order valence-electron chi connectivity index (χ3n) is 2.82. The molecule has 0 radical (unpaired) electrons. The number of nitrogens with one attached hydrogen (secondary N) is 1. The first-order valence-corrected chi connectivity index (χ1v) is 5.50. The van der Waals surface area contributed by atoms with Crippen molar-refractivity contribution in [2.75, 3.05) is 0 Å². The fourth-order valence-electron chi connectivity index (χ4n) is 2.18. The van der Waals surface area contributed by atoms with Gasteiger partial charge in [0.15, 0.2) is 0 Å². The average Bonchev–Trinajstić information content (AvgIpc) is 2.64. The Hall–Kier alpha value is -1.78. The highest BCUT2D eigenvalue weighted by Gasteiger charge is 2.33. The Balaban J connectivity index is 2.53. The number of nitrogens with zero attached hydrogens (tertiary/aromatic N) is 1. The molecule has 0 amide bonds. The van der Waals surface area contributed by atoms with E-state index in [2.05, 4.69) is 5.10 Å². The van der Waals surface area contributed by atoms with Crippen LogP contribution in [0.5, 0.6) is 0 Å². The summed E-state index contributed by atoms with van der Waals surface area (Å²) in [6.07, 6.45) is -4.39. The van der Waals surface area contributed by atoms with Crippen LogP contribution in [0.2, 0.25) is 0 Å². The predicted molar refractivity (Wildman–Crippen MR) is 63.2 cm³/mol. The highest BCUT2D eigenvalue weighted by Crippen LogP contribution is 2.32. The summed E-state index contributed by atoms with van der Waals surface area (Å²) < 4.78 is 37.5. The zero-order valence-corrected chi connectivity index (χ0v) is 10.3. The summed E-state index contributed by atoms with van der Waals surface area (Å²) in [7, 11) is 0. The maximum absolute atomic E-state index is 12.5. The van der Waals surface area contributed by atoms with Crippen molar-refractivity contribution >= 4 is 0 Å². The van der Waals surface area contributed by atoms with Crippen molar-refractivity contribution in [3.8, 4) is 11.3 Å². The van der Waals surface area contributed by atoms with Crippen molar-refractivity contribution in [3.63, 3.8) is 0 Å². The summed E-state index contributed by atoms with van der Waals surface area (Å²) in [5, 5.41) is 5.80. The first kappa shape index (κ1) is 12.7. The van der Waals surface area contributed by atoms with Crippen LogP contribution in [0.4, 0.5) is 13.2 Å². The fourth-order valence-corrected chi connectivity index (χ4v) is 2.18. The van der Waals surface area contributed by atoms with Gasteiger partial charge in [-0.2, -0.15) is 18.3 Å². The minimum absolute atomic E-state index is 0.331. The molecule has 0 aliphatic heterocycles. The zero-order chi connectivity index (χ0) is 13.5. The van der Waals surface area contributed by atoms with E-state index < -0.39 is 11.9 Å². The largest absolute Gasteiger partial charge is 0.432 e. The molecular formula is C13H13F3N2. The van der Waals surface area contributed by atoms with E-state index in [0.29, 0.717) is 5.69 Å². The summed E-state index contributed by atoms with van der Waals surface area (Å²) in [5.74, 6) is 0. The number of benzene rings is 1. The van der Waals surface area contributed by atoms with Gasteiger partial charge in [0.1, 0.15) is 5.69 Å². The van der Waals surface area contributed by atoms with Gasteiger partial charge in [0.25, 0.3) is 0 Å². The Morgan fingerprint density at radius 1 is 1.00 bits per heavy atom. The average molecular weight is 254 g/mol. The SMILES string of the molecule is Cc1cc(C)c(-c2cc(C(F)(F)F)[nH]n2)c(C)c1. The van der Waals surface area contributed by atoms with Gasteiger partial charge in [0.2, 0.25) is 0 Å². The van der Waals surface area contributed by atoms with Crippen molar-refractivity contribution in [1.29, 1.82) is 0 Å². The van der Waals surface area contributed by atoms with Gasteiger partial charge in [0, 0.05) is 5.56 Å². The molecule has 1 heterocycles. The van der Waals surface area contributed by atoms with Crippen LogP contribution in [-0.2, 0) is 6.18 Å². The highest BCUT2D eigenvalue weighted by molar-refractivity contribution is 5.68. The molecule has 0 saturated heterocycles. The molecule has 0 aliphatic carbocycles. The van der Waals surface area contributed by atoms with Gasteiger partial charge in [-0.25, -0.2) is 0 Å². The van der Waals surface area contributed by atoms with Gasteiger partial charge in [-0.05, 0) is 38.0 Å². The number of H-pyrrole nitrogens is 1. The first-order chi connectivity index (χ1) is 8.29. The third-order valence-corrected chi connectivity index (χ3v) is 2.82. The normalized spacial score (nSPS) is 11.9. The van der Waals surface area contributed by atoms with E-state index in [4.69, 9.17) is 0 Å². The minimum atomic E-state index is -4.39. The van der Waals surface area contributed by atoms with Crippen LogP contribution >= 0.6 is 0 Å². The molecule has 2 nitrogen and oxygen atoms in total. The molecule has 0 saturated carbocycles. The van der Waals surface area contributed by atoms with Crippen molar-refractivity contribution in [2.24, 2.45) is 0 Å². The second-order valence-electron chi connectivity index (χ2n) is 4.44. The van der Waals surface area contributed by atoms with E-state index in [1.54, 1.807) is 0 Å². The highest BCUT2D eigenvalue weighted by atomic mass is 19.4. The Morgan fingerprint density at radius 3 is 2.00 bits per heavy atom. The van der Waals surface area contributed by atoms with Gasteiger partial charge < -0.3 is 0 Å². The number of halogens is 3. The lowest BCUT2D eigenvalue weighted by Crippen LogP contribution is -2.04. The van der Waals surface area contributed by atoms with Crippen LogP contribution in [0.3, 0.4) is 0 Å². The molecule has 0 aliphatic rings. The number of aryl methyl sites for hydroxylation is 3. The molecule has 0 unspecified atom stereocenters. The molecule has 0 bridgehead atoms. The van der Waals surface area contributed by atoms with Crippen LogP contribution < -0.4 is 0 Å². The quantitative estimate of drug-likeness (QED) is 0.818. The molecule has 96 valence electrons. The lowest BCUT2D eigenvalue weighted by atomic mass is 9.97. The smallest absolute Gasteiger partial charge is 0.273 e. The lowest BCUT2D eigenvalue weighted by molar-refractivity contribution is -0.141. The van der Waals surface area contributed by atoms with Crippen molar-refractivity contribution < 1.29 is 13.2 Å². The molecule has 0 fully saturated rings. The maximum Gasteiger partial charge on any atom is 0.432 e. The second kappa shape index (κ2) is 4.15. The van der Waals surface area contributed by atoms with Crippen LogP contribution in [0.15, 0.2) is 18.2 Å². The first-order valence-electron chi connectivity index (χ1n) is 5.50. The van der Waals surface area contributed by atoms with Crippen LogP contribution in [0, 0.1) is 20.8 Å². The lowest BCUT2D eigenvalue weighted by Gasteiger charge is -2.08. The van der Waals surface area contributed by atoms with Crippen molar-refractivity contribution in [3.05, 3.63) is 40.6 Å². The Kier molecular flexibility index (Phi) is 2.92. The molecular weight excluding hydrogens is 241 g/mol. The number of aromatic nitrogens is 2. The fraction of sp³-hybridized carbons (Fsp3) is 0.308. The summed E-state index contributed by atoms with van der Waals surface area (Å²) in [6.45, 7) is 5.70. The van der Waals surface area contributed by atoms with E-state index in [9.17, 15) is 13.2 Å². The number of rotatable bonds is 1. The molecule has 2 aromatic rings. The number of alkyl halides is 3. The van der Waals surface area contributed by atoms with Gasteiger partial charge in [-0.1, -0.05) is 17.7 Å². The maximum atomic E-state index is 12.5. The van der Waals surface area contributed by atoms with E-state index >= 15 is 0 Å². The molecule has 5 heteroatoms. The monoisotopic (exact) mass is 254 g/mol. The summed E-state index contributed by atoms with van der Waals surface area (Å²) in [4.78, 5) is 0. The zero-order valence-electron chi connectivity index (χ0n) is 10.3.